The number of benzene rings is 1. The van der Waals surface area contributed by atoms with E-state index >= 15 is 0 Å². The van der Waals surface area contributed by atoms with E-state index < -0.39 is 10.0 Å². The molecular formula is C18H20N2O3S. The van der Waals surface area contributed by atoms with E-state index in [4.69, 9.17) is 4.74 Å². The topological polar surface area (TPSA) is 59.5 Å². The summed E-state index contributed by atoms with van der Waals surface area (Å²) in [5.41, 5.74) is 0.822. The lowest BCUT2D eigenvalue weighted by atomic mass is 10.1. The molecule has 1 aromatic carbocycles. The molecular weight excluding hydrogens is 324 g/mol. The molecule has 5 nitrogen and oxygen atoms in total. The van der Waals surface area contributed by atoms with Crippen LogP contribution in [0.25, 0.3) is 0 Å². The fourth-order valence-electron chi connectivity index (χ4n) is 3.82. The molecule has 4 rings (SSSR count). The Bertz CT molecular complexity index is 796. The Morgan fingerprint density at radius 2 is 1.88 bits per heavy atom. The summed E-state index contributed by atoms with van der Waals surface area (Å²) in [5.74, 6) is 0.872. The molecule has 6 heteroatoms. The van der Waals surface area contributed by atoms with Gasteiger partial charge in [-0.15, -0.1) is 0 Å². The van der Waals surface area contributed by atoms with Crippen molar-refractivity contribution >= 4 is 10.0 Å². The molecule has 1 aliphatic heterocycles. The number of hydrogen-bond donors (Lipinski definition) is 0. The van der Waals surface area contributed by atoms with E-state index in [0.717, 1.165) is 18.4 Å². The zero-order valence-electron chi connectivity index (χ0n) is 13.3. The van der Waals surface area contributed by atoms with Crippen LogP contribution in [0.5, 0.6) is 5.88 Å². The van der Waals surface area contributed by atoms with Crippen molar-refractivity contribution in [3.05, 3.63) is 60.3 Å². The molecule has 1 saturated heterocycles. The highest BCUT2D eigenvalue weighted by Gasteiger charge is 2.52. The number of sulfonamides is 1. The van der Waals surface area contributed by atoms with Crippen LogP contribution in [-0.4, -0.2) is 36.4 Å². The number of aromatic nitrogens is 1. The molecule has 0 spiro atoms. The first-order valence-corrected chi connectivity index (χ1v) is 9.85. The zero-order valence-corrected chi connectivity index (χ0v) is 14.1. The van der Waals surface area contributed by atoms with Crippen molar-refractivity contribution in [1.29, 1.82) is 0 Å². The van der Waals surface area contributed by atoms with Crippen LogP contribution in [0.15, 0.2) is 54.7 Å². The minimum Gasteiger partial charge on any atom is -0.472 e. The van der Waals surface area contributed by atoms with Gasteiger partial charge in [0.15, 0.2) is 0 Å². The Morgan fingerprint density at radius 1 is 1.08 bits per heavy atom. The largest absolute Gasteiger partial charge is 0.472 e. The lowest BCUT2D eigenvalue weighted by Crippen LogP contribution is -2.41. The van der Waals surface area contributed by atoms with Gasteiger partial charge in [0.1, 0.15) is 6.10 Å². The normalized spacial score (nSPS) is 26.6. The molecule has 0 N–H and O–H groups in total. The van der Waals surface area contributed by atoms with Crippen molar-refractivity contribution in [2.45, 2.75) is 30.7 Å². The molecule has 1 aliphatic carbocycles. The zero-order chi connectivity index (χ0) is 16.6. The summed E-state index contributed by atoms with van der Waals surface area (Å²) in [4.78, 5) is 4.20. The minimum absolute atomic E-state index is 0.0490. The van der Waals surface area contributed by atoms with Gasteiger partial charge in [-0.3, -0.25) is 0 Å². The monoisotopic (exact) mass is 344 g/mol. The second kappa shape index (κ2) is 6.18. The molecule has 0 radical (unpaired) electrons. The van der Waals surface area contributed by atoms with E-state index in [-0.39, 0.29) is 23.8 Å². The third-order valence-corrected chi connectivity index (χ3v) is 6.74. The number of nitrogens with zero attached hydrogens (tertiary/aromatic N) is 2. The smallest absolute Gasteiger partial charge is 0.218 e. The summed E-state index contributed by atoms with van der Waals surface area (Å²) < 4.78 is 33.4. The lowest BCUT2D eigenvalue weighted by molar-refractivity contribution is 0.161. The van der Waals surface area contributed by atoms with Crippen LogP contribution >= 0.6 is 0 Å². The maximum absolute atomic E-state index is 12.8. The van der Waals surface area contributed by atoms with Crippen LogP contribution in [0.4, 0.5) is 0 Å². The molecule has 126 valence electrons. The first-order valence-electron chi connectivity index (χ1n) is 8.24. The maximum Gasteiger partial charge on any atom is 0.218 e. The highest BCUT2D eigenvalue weighted by Crippen LogP contribution is 2.41. The molecule has 2 aliphatic rings. The standard InChI is InChI=1S/C18H20N2O3S/c21-24(22,13-14-6-2-1-3-7-14)20-12-15-9-10-16(20)18(15)23-17-8-4-5-11-19-17/h1-8,11,15-16,18H,9-10,12-13H2/t15-,16+,18+/m1/s1. The molecule has 2 bridgehead atoms. The van der Waals surface area contributed by atoms with Gasteiger partial charge in [0.05, 0.1) is 11.8 Å². The van der Waals surface area contributed by atoms with Crippen molar-refractivity contribution in [1.82, 2.24) is 9.29 Å². The molecule has 24 heavy (non-hydrogen) atoms. The van der Waals surface area contributed by atoms with Crippen LogP contribution in [0.2, 0.25) is 0 Å². The van der Waals surface area contributed by atoms with E-state index in [1.54, 1.807) is 10.5 Å². The summed E-state index contributed by atoms with van der Waals surface area (Å²) in [6.07, 6.45) is 3.47. The van der Waals surface area contributed by atoms with Crippen molar-refractivity contribution in [2.75, 3.05) is 6.54 Å². The third kappa shape index (κ3) is 2.91. The fourth-order valence-corrected chi connectivity index (χ4v) is 5.65. The summed E-state index contributed by atoms with van der Waals surface area (Å²) in [6.45, 7) is 0.553. The molecule has 2 heterocycles. The summed E-state index contributed by atoms with van der Waals surface area (Å²) in [6, 6.07) is 14.8. The number of fused-ring (bicyclic) bond motifs is 2. The number of hydrogen-bond acceptors (Lipinski definition) is 4. The van der Waals surface area contributed by atoms with Gasteiger partial charge in [-0.25, -0.2) is 13.4 Å². The summed E-state index contributed by atoms with van der Waals surface area (Å²) in [5, 5.41) is 0. The Kier molecular flexibility index (Phi) is 4.02. The van der Waals surface area contributed by atoms with Crippen LogP contribution in [-0.2, 0) is 15.8 Å². The van der Waals surface area contributed by atoms with Crippen LogP contribution in [0.1, 0.15) is 18.4 Å². The van der Waals surface area contributed by atoms with Gasteiger partial charge >= 0.3 is 0 Å². The highest BCUT2D eigenvalue weighted by atomic mass is 32.2. The quantitative estimate of drug-likeness (QED) is 0.836. The Balaban J connectivity index is 1.51. The van der Waals surface area contributed by atoms with Crippen LogP contribution in [0.3, 0.4) is 0 Å². The summed E-state index contributed by atoms with van der Waals surface area (Å²) >= 11 is 0. The van der Waals surface area contributed by atoms with E-state index in [9.17, 15) is 8.42 Å². The molecule has 0 unspecified atom stereocenters. The fraction of sp³-hybridized carbons (Fsp3) is 0.389. The van der Waals surface area contributed by atoms with E-state index in [2.05, 4.69) is 4.98 Å². The van der Waals surface area contributed by atoms with Crippen molar-refractivity contribution in [3.8, 4) is 5.88 Å². The van der Waals surface area contributed by atoms with Gasteiger partial charge in [0.25, 0.3) is 0 Å². The van der Waals surface area contributed by atoms with Crippen molar-refractivity contribution < 1.29 is 13.2 Å². The maximum atomic E-state index is 12.8. The number of pyridine rings is 1. The van der Waals surface area contributed by atoms with Crippen molar-refractivity contribution in [2.24, 2.45) is 5.92 Å². The average Bonchev–Trinajstić information content (AvgIpc) is 3.14. The SMILES string of the molecule is O=S(=O)(Cc1ccccc1)N1C[C@H]2CC[C@H]1[C@H]2Oc1ccccn1. The third-order valence-electron chi connectivity index (χ3n) is 4.91. The molecule has 0 amide bonds. The van der Waals surface area contributed by atoms with Gasteiger partial charge in [-0.2, -0.15) is 4.31 Å². The van der Waals surface area contributed by atoms with Crippen LogP contribution < -0.4 is 4.74 Å². The van der Waals surface area contributed by atoms with Crippen LogP contribution in [0, 0.1) is 5.92 Å². The molecule has 3 atom stereocenters. The van der Waals surface area contributed by atoms with Gasteiger partial charge in [0, 0.05) is 24.7 Å². The van der Waals surface area contributed by atoms with Gasteiger partial charge in [0.2, 0.25) is 15.9 Å². The molecule has 2 aromatic rings. The lowest BCUT2D eigenvalue weighted by Gasteiger charge is -2.26. The van der Waals surface area contributed by atoms with E-state index in [1.807, 2.05) is 48.5 Å². The number of rotatable bonds is 5. The Morgan fingerprint density at radius 3 is 2.62 bits per heavy atom. The Hall–Kier alpha value is -1.92. The van der Waals surface area contributed by atoms with Gasteiger partial charge < -0.3 is 4.74 Å². The average molecular weight is 344 g/mol. The van der Waals surface area contributed by atoms with Crippen molar-refractivity contribution in [3.63, 3.8) is 0 Å². The predicted molar refractivity (Wildman–Crippen MR) is 90.9 cm³/mol. The molecule has 1 aromatic heterocycles. The highest BCUT2D eigenvalue weighted by molar-refractivity contribution is 7.88. The number of ether oxygens (including phenoxy) is 1. The summed E-state index contributed by atoms with van der Waals surface area (Å²) in [7, 11) is -3.34. The first-order chi connectivity index (χ1) is 11.6. The second-order valence-electron chi connectivity index (χ2n) is 6.47. The first kappa shape index (κ1) is 15.6. The van der Waals surface area contributed by atoms with E-state index in [1.165, 1.54) is 0 Å². The second-order valence-corrected chi connectivity index (χ2v) is 8.39. The van der Waals surface area contributed by atoms with Gasteiger partial charge in [-0.05, 0) is 24.5 Å². The molecule has 1 saturated carbocycles. The van der Waals surface area contributed by atoms with Gasteiger partial charge in [-0.1, -0.05) is 36.4 Å². The predicted octanol–water partition coefficient (Wildman–Crippen LogP) is 2.45. The minimum atomic E-state index is -3.34. The Labute approximate surface area is 142 Å². The number of piperidine rings is 1. The molecule has 2 fully saturated rings. The van der Waals surface area contributed by atoms with E-state index in [0.29, 0.717) is 12.4 Å².